The van der Waals surface area contributed by atoms with Crippen molar-refractivity contribution in [2.45, 2.75) is 66.5 Å². The molecule has 1 aromatic rings. The fraction of sp³-hybridized carbons (Fsp3) is 0.706. The lowest BCUT2D eigenvalue weighted by atomic mass is 10.1. The first-order valence-corrected chi connectivity index (χ1v) is 7.62. The van der Waals surface area contributed by atoms with Gasteiger partial charge in [0, 0.05) is 17.8 Å². The highest BCUT2D eigenvalue weighted by Crippen LogP contribution is 2.18. The number of hydrogen-bond donors (Lipinski definition) is 1. The second-order valence-corrected chi connectivity index (χ2v) is 6.89. The Hall–Kier alpha value is -1.09. The van der Waals surface area contributed by atoms with Gasteiger partial charge in [-0.25, -0.2) is 0 Å². The van der Waals surface area contributed by atoms with Crippen LogP contribution in [0.15, 0.2) is 12.1 Å². The molecule has 0 spiro atoms. The fourth-order valence-corrected chi connectivity index (χ4v) is 1.88. The molecule has 0 aliphatic carbocycles. The second kappa shape index (κ2) is 7.63. The Kier molecular flexibility index (Phi) is 6.47. The first-order chi connectivity index (χ1) is 9.28. The van der Waals surface area contributed by atoms with Gasteiger partial charge in [0.25, 0.3) is 0 Å². The maximum absolute atomic E-state index is 5.91. The Bertz CT molecular complexity index is 408. The van der Waals surface area contributed by atoms with Crippen LogP contribution in [0.4, 0.5) is 0 Å². The molecule has 3 heteroatoms. The van der Waals surface area contributed by atoms with E-state index in [9.17, 15) is 0 Å². The predicted molar refractivity (Wildman–Crippen MR) is 85.1 cm³/mol. The first kappa shape index (κ1) is 17.0. The van der Waals surface area contributed by atoms with Crippen LogP contribution in [0.2, 0.25) is 0 Å². The third-order valence-corrected chi connectivity index (χ3v) is 3.04. The van der Waals surface area contributed by atoms with Gasteiger partial charge in [0.15, 0.2) is 0 Å². The highest BCUT2D eigenvalue weighted by molar-refractivity contribution is 5.29. The molecular formula is C17H30N2O. The van der Waals surface area contributed by atoms with Crippen LogP contribution in [0.3, 0.4) is 0 Å². The molecule has 0 amide bonds. The molecule has 0 saturated carbocycles. The van der Waals surface area contributed by atoms with Crippen molar-refractivity contribution in [1.82, 2.24) is 10.3 Å². The summed E-state index contributed by atoms with van der Waals surface area (Å²) in [4.78, 5) is 4.60. The zero-order valence-corrected chi connectivity index (χ0v) is 13.9. The summed E-state index contributed by atoms with van der Waals surface area (Å²) in [6.45, 7) is 14.5. The number of ether oxygens (including phenoxy) is 1. The minimum atomic E-state index is 0.0837. The van der Waals surface area contributed by atoms with Crippen molar-refractivity contribution in [1.29, 1.82) is 0 Å². The topological polar surface area (TPSA) is 34.1 Å². The quantitative estimate of drug-likeness (QED) is 0.763. The number of aromatic nitrogens is 1. The average molecular weight is 278 g/mol. The van der Waals surface area contributed by atoms with Gasteiger partial charge in [-0.05, 0) is 58.6 Å². The zero-order valence-electron chi connectivity index (χ0n) is 13.9. The van der Waals surface area contributed by atoms with Gasteiger partial charge in [-0.15, -0.1) is 0 Å². The number of nitrogens with zero attached hydrogens (tertiary/aromatic N) is 1. The molecule has 3 nitrogen and oxygen atoms in total. The van der Waals surface area contributed by atoms with Crippen LogP contribution in [-0.2, 0) is 6.54 Å². The molecule has 0 bridgehead atoms. The van der Waals surface area contributed by atoms with Crippen molar-refractivity contribution in [3.63, 3.8) is 0 Å². The van der Waals surface area contributed by atoms with Crippen molar-refractivity contribution >= 4 is 0 Å². The lowest BCUT2D eigenvalue weighted by Gasteiger charge is -2.21. The van der Waals surface area contributed by atoms with Crippen molar-refractivity contribution in [2.75, 3.05) is 6.61 Å². The van der Waals surface area contributed by atoms with Crippen LogP contribution in [-0.4, -0.2) is 17.1 Å². The Morgan fingerprint density at radius 2 is 1.95 bits per heavy atom. The summed E-state index contributed by atoms with van der Waals surface area (Å²) in [5.41, 5.74) is 2.12. The summed E-state index contributed by atoms with van der Waals surface area (Å²) in [6.07, 6.45) is 2.30. The molecule has 0 aliphatic heterocycles. The van der Waals surface area contributed by atoms with E-state index >= 15 is 0 Å². The summed E-state index contributed by atoms with van der Waals surface area (Å²) < 4.78 is 5.91. The maximum Gasteiger partial charge on any atom is 0.142 e. The molecule has 114 valence electrons. The van der Waals surface area contributed by atoms with Gasteiger partial charge < -0.3 is 10.1 Å². The van der Waals surface area contributed by atoms with Gasteiger partial charge in [0.1, 0.15) is 5.75 Å². The Labute approximate surface area is 124 Å². The SMILES string of the molecule is Cc1ccc(OCCCC(C)C)c(CNC(C)(C)C)n1. The van der Waals surface area contributed by atoms with E-state index in [0.29, 0.717) is 0 Å². The molecule has 0 aliphatic rings. The number of aryl methyl sites for hydroxylation is 1. The normalized spacial score (nSPS) is 11.9. The Morgan fingerprint density at radius 1 is 1.25 bits per heavy atom. The van der Waals surface area contributed by atoms with E-state index in [0.717, 1.165) is 42.6 Å². The molecule has 1 rings (SSSR count). The monoisotopic (exact) mass is 278 g/mol. The van der Waals surface area contributed by atoms with E-state index in [2.05, 4.69) is 44.9 Å². The minimum Gasteiger partial charge on any atom is -0.492 e. The first-order valence-electron chi connectivity index (χ1n) is 7.62. The summed E-state index contributed by atoms with van der Waals surface area (Å²) >= 11 is 0. The molecule has 1 heterocycles. The molecule has 1 N–H and O–H groups in total. The van der Waals surface area contributed by atoms with Gasteiger partial charge in [-0.3, -0.25) is 4.98 Å². The lowest BCUT2D eigenvalue weighted by molar-refractivity contribution is 0.291. The van der Waals surface area contributed by atoms with Crippen LogP contribution >= 0.6 is 0 Å². The van der Waals surface area contributed by atoms with E-state index in [1.807, 2.05) is 19.1 Å². The van der Waals surface area contributed by atoms with E-state index < -0.39 is 0 Å². The standard InChI is InChI=1S/C17H30N2O/c1-13(2)8-7-11-20-16-10-9-14(3)19-15(16)12-18-17(4,5)6/h9-10,13,18H,7-8,11-12H2,1-6H3. The summed E-state index contributed by atoms with van der Waals surface area (Å²) in [5.74, 6) is 1.65. The highest BCUT2D eigenvalue weighted by Gasteiger charge is 2.12. The van der Waals surface area contributed by atoms with Crippen LogP contribution in [0, 0.1) is 12.8 Å². The van der Waals surface area contributed by atoms with Crippen LogP contribution in [0.1, 0.15) is 58.8 Å². The Balaban J connectivity index is 2.60. The van der Waals surface area contributed by atoms with E-state index in [4.69, 9.17) is 4.74 Å². The number of nitrogens with one attached hydrogen (secondary N) is 1. The summed E-state index contributed by atoms with van der Waals surface area (Å²) in [5, 5.41) is 3.47. The van der Waals surface area contributed by atoms with Crippen molar-refractivity contribution in [3.05, 3.63) is 23.5 Å². The zero-order chi connectivity index (χ0) is 15.2. The van der Waals surface area contributed by atoms with E-state index in [1.54, 1.807) is 0 Å². The fourth-order valence-electron chi connectivity index (χ4n) is 1.88. The van der Waals surface area contributed by atoms with Crippen LogP contribution < -0.4 is 10.1 Å². The molecule has 0 atom stereocenters. The molecule has 0 unspecified atom stereocenters. The molecule has 0 radical (unpaired) electrons. The number of pyridine rings is 1. The van der Waals surface area contributed by atoms with Crippen molar-refractivity contribution < 1.29 is 4.74 Å². The second-order valence-electron chi connectivity index (χ2n) is 6.89. The molecule has 0 saturated heterocycles. The van der Waals surface area contributed by atoms with E-state index in [1.165, 1.54) is 6.42 Å². The highest BCUT2D eigenvalue weighted by atomic mass is 16.5. The van der Waals surface area contributed by atoms with Gasteiger partial charge in [-0.1, -0.05) is 13.8 Å². The third kappa shape index (κ3) is 6.90. The van der Waals surface area contributed by atoms with Crippen molar-refractivity contribution in [3.8, 4) is 5.75 Å². The molecule has 0 fully saturated rings. The molecule has 0 aromatic carbocycles. The molecule has 20 heavy (non-hydrogen) atoms. The maximum atomic E-state index is 5.91. The van der Waals surface area contributed by atoms with E-state index in [-0.39, 0.29) is 5.54 Å². The number of rotatable bonds is 7. The summed E-state index contributed by atoms with van der Waals surface area (Å²) in [7, 11) is 0. The van der Waals surface area contributed by atoms with Gasteiger partial charge in [0.2, 0.25) is 0 Å². The predicted octanol–water partition coefficient (Wildman–Crippen LogP) is 4.09. The van der Waals surface area contributed by atoms with Crippen LogP contribution in [0.25, 0.3) is 0 Å². The average Bonchev–Trinajstić information content (AvgIpc) is 2.32. The smallest absolute Gasteiger partial charge is 0.142 e. The molecule has 1 aromatic heterocycles. The summed E-state index contributed by atoms with van der Waals surface area (Å²) in [6, 6.07) is 4.05. The largest absolute Gasteiger partial charge is 0.492 e. The molecular weight excluding hydrogens is 248 g/mol. The van der Waals surface area contributed by atoms with Crippen molar-refractivity contribution in [2.24, 2.45) is 5.92 Å². The third-order valence-electron chi connectivity index (χ3n) is 3.04. The van der Waals surface area contributed by atoms with Gasteiger partial charge in [-0.2, -0.15) is 0 Å². The van der Waals surface area contributed by atoms with Gasteiger partial charge >= 0.3 is 0 Å². The number of hydrogen-bond acceptors (Lipinski definition) is 3. The van der Waals surface area contributed by atoms with Crippen LogP contribution in [0.5, 0.6) is 5.75 Å². The lowest BCUT2D eigenvalue weighted by Crippen LogP contribution is -2.35. The Morgan fingerprint density at radius 3 is 2.55 bits per heavy atom. The minimum absolute atomic E-state index is 0.0837. The van der Waals surface area contributed by atoms with Gasteiger partial charge in [0.05, 0.1) is 12.3 Å².